The molecule has 0 aromatic rings. The van der Waals surface area contributed by atoms with Crippen LogP contribution in [0.4, 0.5) is 0 Å². The molecule has 3 saturated heterocycles. The van der Waals surface area contributed by atoms with Gasteiger partial charge in [-0.3, -0.25) is 0 Å². The van der Waals surface area contributed by atoms with Crippen LogP contribution in [-0.2, 0) is 14.2 Å². The molecule has 2 saturated carbocycles. The molecule has 2 aliphatic carbocycles. The van der Waals surface area contributed by atoms with Gasteiger partial charge >= 0.3 is 0 Å². The molecular formula is C15H22O4. The minimum atomic E-state index is -0.827. The summed E-state index contributed by atoms with van der Waals surface area (Å²) >= 11 is 0. The van der Waals surface area contributed by atoms with Gasteiger partial charge in [-0.2, -0.15) is 0 Å². The molecule has 19 heavy (non-hydrogen) atoms. The summed E-state index contributed by atoms with van der Waals surface area (Å²) in [6, 6.07) is 0. The van der Waals surface area contributed by atoms with E-state index in [1.165, 1.54) is 0 Å². The minimum Gasteiger partial charge on any atom is -0.387 e. The number of epoxide rings is 1. The zero-order chi connectivity index (χ0) is 13.4. The van der Waals surface area contributed by atoms with Crippen LogP contribution in [0, 0.1) is 16.7 Å². The van der Waals surface area contributed by atoms with Crippen LogP contribution in [0.1, 0.15) is 40.5 Å². The fourth-order valence-electron chi connectivity index (χ4n) is 6.36. The highest BCUT2D eigenvalue weighted by atomic mass is 16.7. The summed E-state index contributed by atoms with van der Waals surface area (Å²) in [5.74, 6) is 0.0355. The molecule has 106 valence electrons. The molecule has 5 aliphatic rings. The molecular weight excluding hydrogens is 244 g/mol. The Morgan fingerprint density at radius 3 is 2.53 bits per heavy atom. The number of ether oxygens (including phenoxy) is 3. The minimum absolute atomic E-state index is 0.0355. The maximum Gasteiger partial charge on any atom is 0.165 e. The summed E-state index contributed by atoms with van der Waals surface area (Å²) in [7, 11) is 0. The van der Waals surface area contributed by atoms with Crippen molar-refractivity contribution in [2.75, 3.05) is 0 Å². The first-order valence-corrected chi connectivity index (χ1v) is 7.48. The first-order valence-electron chi connectivity index (χ1n) is 7.48. The molecule has 0 aromatic carbocycles. The largest absolute Gasteiger partial charge is 0.387 e. The highest BCUT2D eigenvalue weighted by Crippen LogP contribution is 2.78. The van der Waals surface area contributed by atoms with Gasteiger partial charge in [0.15, 0.2) is 6.29 Å². The molecule has 0 aromatic heterocycles. The van der Waals surface area contributed by atoms with Gasteiger partial charge < -0.3 is 19.3 Å². The van der Waals surface area contributed by atoms with E-state index in [4.69, 9.17) is 14.2 Å². The molecule has 0 radical (unpaired) electrons. The van der Waals surface area contributed by atoms with Crippen molar-refractivity contribution in [1.29, 1.82) is 0 Å². The van der Waals surface area contributed by atoms with E-state index in [9.17, 15) is 5.11 Å². The number of fused-ring (bicyclic) bond motifs is 1. The Labute approximate surface area is 113 Å². The average molecular weight is 266 g/mol. The third-order valence-electron chi connectivity index (χ3n) is 7.12. The van der Waals surface area contributed by atoms with Crippen LogP contribution in [0.5, 0.6) is 0 Å². The van der Waals surface area contributed by atoms with Crippen molar-refractivity contribution in [3.05, 3.63) is 0 Å². The van der Waals surface area contributed by atoms with Crippen LogP contribution in [-0.4, -0.2) is 40.9 Å². The predicted octanol–water partition coefficient (Wildman–Crippen LogP) is 1.45. The quantitative estimate of drug-likeness (QED) is 0.674. The lowest BCUT2D eigenvalue weighted by molar-refractivity contribution is -0.317. The molecule has 5 rings (SSSR count). The molecule has 5 fully saturated rings. The summed E-state index contributed by atoms with van der Waals surface area (Å²) in [4.78, 5) is 0. The zero-order valence-electron chi connectivity index (χ0n) is 12.0. The molecule has 1 N–H and O–H groups in total. The van der Waals surface area contributed by atoms with Crippen LogP contribution >= 0.6 is 0 Å². The van der Waals surface area contributed by atoms with Crippen molar-refractivity contribution in [3.8, 4) is 0 Å². The molecule has 0 amide bonds. The van der Waals surface area contributed by atoms with Crippen LogP contribution in [0.15, 0.2) is 0 Å². The van der Waals surface area contributed by atoms with Gasteiger partial charge in [0.1, 0.15) is 17.8 Å². The lowest BCUT2D eigenvalue weighted by Crippen LogP contribution is -2.72. The third kappa shape index (κ3) is 0.844. The second-order valence-electron chi connectivity index (χ2n) is 8.23. The Bertz CT molecular complexity index is 487. The second-order valence-corrected chi connectivity index (χ2v) is 8.23. The van der Waals surface area contributed by atoms with E-state index in [2.05, 4.69) is 20.8 Å². The molecule has 4 heteroatoms. The number of aliphatic hydroxyl groups is 1. The second kappa shape index (κ2) is 2.63. The van der Waals surface area contributed by atoms with Crippen molar-refractivity contribution in [1.82, 2.24) is 0 Å². The fourth-order valence-corrected chi connectivity index (χ4v) is 6.36. The van der Waals surface area contributed by atoms with E-state index in [0.717, 1.165) is 12.8 Å². The molecule has 3 heterocycles. The SMILES string of the molecule is CC1(C)CC[C@@H]2O[C@H]3O[C@]14[C@@H]1O[C@@H]1[C@](C)(O)[C@@H]3[C@@]24C. The number of rotatable bonds is 0. The van der Waals surface area contributed by atoms with Crippen LogP contribution in [0.3, 0.4) is 0 Å². The predicted molar refractivity (Wildman–Crippen MR) is 66.4 cm³/mol. The van der Waals surface area contributed by atoms with Gasteiger partial charge in [-0.15, -0.1) is 0 Å². The topological polar surface area (TPSA) is 51.2 Å². The zero-order valence-corrected chi connectivity index (χ0v) is 12.0. The van der Waals surface area contributed by atoms with Gasteiger partial charge in [0.05, 0.1) is 17.6 Å². The number of hydrogen-bond acceptors (Lipinski definition) is 4. The Balaban J connectivity index is 1.80. The first-order chi connectivity index (χ1) is 8.77. The maximum absolute atomic E-state index is 11.0. The van der Waals surface area contributed by atoms with E-state index in [0.29, 0.717) is 0 Å². The lowest BCUT2D eigenvalue weighted by atomic mass is 9.44. The average Bonchev–Trinajstić information content (AvgIpc) is 2.98. The summed E-state index contributed by atoms with van der Waals surface area (Å²) in [6.07, 6.45) is 2.09. The Hall–Kier alpha value is -0.160. The van der Waals surface area contributed by atoms with E-state index >= 15 is 0 Å². The van der Waals surface area contributed by atoms with E-state index < -0.39 is 5.60 Å². The van der Waals surface area contributed by atoms with Gasteiger partial charge in [-0.1, -0.05) is 20.8 Å². The Morgan fingerprint density at radius 1 is 1.05 bits per heavy atom. The molecule has 0 unspecified atom stereocenters. The highest BCUT2D eigenvalue weighted by molar-refractivity contribution is 5.36. The maximum atomic E-state index is 11.0. The molecule has 0 spiro atoms. The Kier molecular flexibility index (Phi) is 1.59. The van der Waals surface area contributed by atoms with Crippen molar-refractivity contribution in [2.24, 2.45) is 16.7 Å². The smallest absolute Gasteiger partial charge is 0.165 e. The summed E-state index contributed by atoms with van der Waals surface area (Å²) < 4.78 is 18.5. The summed E-state index contributed by atoms with van der Waals surface area (Å²) in [5, 5.41) is 11.0. The van der Waals surface area contributed by atoms with E-state index in [1.807, 2.05) is 6.92 Å². The monoisotopic (exact) mass is 266 g/mol. The summed E-state index contributed by atoms with van der Waals surface area (Å²) in [5.41, 5.74) is -1.15. The molecule has 4 nitrogen and oxygen atoms in total. The van der Waals surface area contributed by atoms with Crippen LogP contribution in [0.2, 0.25) is 0 Å². The fraction of sp³-hybridized carbons (Fsp3) is 1.00. The van der Waals surface area contributed by atoms with Gasteiger partial charge in [0.2, 0.25) is 0 Å². The number of hydrogen-bond donors (Lipinski definition) is 1. The van der Waals surface area contributed by atoms with Crippen LogP contribution < -0.4 is 0 Å². The van der Waals surface area contributed by atoms with Crippen molar-refractivity contribution in [2.45, 2.75) is 76.3 Å². The highest BCUT2D eigenvalue weighted by Gasteiger charge is 2.90. The standard InChI is InChI=1S/C15H22O4/c1-12(2)6-5-7-13(3)8-11(17-7)19-15(12,13)10-9(18-10)14(8,4)16/h7-11,16H,5-6H2,1-4H3/t7-,8-,9-,10+,11-,13+,14+,15+/m0/s1. The van der Waals surface area contributed by atoms with Gasteiger partial charge in [-0.05, 0) is 25.2 Å². The third-order valence-corrected chi connectivity index (χ3v) is 7.12. The Morgan fingerprint density at radius 2 is 1.79 bits per heavy atom. The van der Waals surface area contributed by atoms with Gasteiger partial charge in [-0.25, -0.2) is 0 Å². The van der Waals surface area contributed by atoms with Gasteiger partial charge in [0.25, 0.3) is 0 Å². The van der Waals surface area contributed by atoms with E-state index in [-0.39, 0.29) is 47.0 Å². The van der Waals surface area contributed by atoms with Crippen molar-refractivity contribution in [3.63, 3.8) is 0 Å². The molecule has 3 aliphatic heterocycles. The van der Waals surface area contributed by atoms with E-state index in [1.54, 1.807) is 0 Å². The normalized spacial score (nSPS) is 70.9. The molecule has 4 bridgehead atoms. The van der Waals surface area contributed by atoms with Crippen molar-refractivity contribution >= 4 is 0 Å². The first kappa shape index (κ1) is 11.5. The molecule has 8 atom stereocenters. The van der Waals surface area contributed by atoms with Crippen molar-refractivity contribution < 1.29 is 19.3 Å². The van der Waals surface area contributed by atoms with Crippen LogP contribution in [0.25, 0.3) is 0 Å². The lowest BCUT2D eigenvalue weighted by Gasteiger charge is -2.61. The van der Waals surface area contributed by atoms with Gasteiger partial charge in [0, 0.05) is 5.41 Å². The summed E-state index contributed by atoms with van der Waals surface area (Å²) in [6.45, 7) is 8.77.